The molecule has 0 bridgehead atoms. The first-order valence-corrected chi connectivity index (χ1v) is 17.9. The molecule has 3 aromatic rings. The molecule has 264 valence electrons. The van der Waals surface area contributed by atoms with Gasteiger partial charge in [-0.3, -0.25) is 9.79 Å². The molecular formula is C33H44Cl4N6O4S. The van der Waals surface area contributed by atoms with E-state index >= 15 is 0 Å². The quantitative estimate of drug-likeness (QED) is 0.211. The molecule has 1 atom stereocenters. The van der Waals surface area contributed by atoms with Crippen LogP contribution < -0.4 is 10.1 Å². The number of guanidine groups is 1. The Morgan fingerprint density at radius 3 is 2.35 bits per heavy atom. The summed E-state index contributed by atoms with van der Waals surface area (Å²) in [6.07, 6.45) is 1.02. The van der Waals surface area contributed by atoms with Crippen molar-refractivity contribution in [2.45, 2.75) is 77.1 Å². The molecule has 2 saturated heterocycles. The Hall–Kier alpha value is -2.54. The molecule has 48 heavy (non-hydrogen) atoms. The van der Waals surface area contributed by atoms with E-state index in [4.69, 9.17) is 32.9 Å². The van der Waals surface area contributed by atoms with Gasteiger partial charge in [0.15, 0.2) is 5.96 Å². The van der Waals surface area contributed by atoms with Gasteiger partial charge in [-0.15, -0.1) is 24.8 Å². The van der Waals surface area contributed by atoms with Gasteiger partial charge >= 0.3 is 0 Å². The average Bonchev–Trinajstić information content (AvgIpc) is 3.51. The molecule has 1 amide bonds. The molecule has 1 aromatic heterocycles. The first-order valence-electron chi connectivity index (χ1n) is 15.7. The molecule has 1 N–H and O–H groups in total. The number of rotatable bonds is 8. The zero-order chi connectivity index (χ0) is 33.2. The number of hydrogen-bond donors (Lipinski definition) is 1. The normalized spacial score (nSPS) is 17.4. The molecule has 2 aromatic carbocycles. The summed E-state index contributed by atoms with van der Waals surface area (Å²) in [7, 11) is -4.13. The predicted molar refractivity (Wildman–Crippen MR) is 198 cm³/mol. The number of fused-ring (bicyclic) bond motifs is 1. The zero-order valence-electron chi connectivity index (χ0n) is 27.8. The lowest BCUT2D eigenvalue weighted by atomic mass is 10.2. The molecule has 0 spiro atoms. The maximum Gasteiger partial charge on any atom is 0.245 e. The van der Waals surface area contributed by atoms with E-state index in [-0.39, 0.29) is 70.9 Å². The number of amides is 1. The van der Waals surface area contributed by atoms with Crippen molar-refractivity contribution in [1.29, 1.82) is 0 Å². The van der Waals surface area contributed by atoms with Crippen molar-refractivity contribution in [3.8, 4) is 5.75 Å². The molecule has 0 aliphatic carbocycles. The number of nitrogens with zero attached hydrogens (tertiary/aromatic N) is 5. The molecule has 3 heterocycles. The number of pyridine rings is 1. The van der Waals surface area contributed by atoms with Gasteiger partial charge in [-0.2, -0.15) is 4.31 Å². The second-order valence-corrected chi connectivity index (χ2v) is 15.0. The molecular weight excluding hydrogens is 718 g/mol. The zero-order valence-corrected chi connectivity index (χ0v) is 31.7. The summed E-state index contributed by atoms with van der Waals surface area (Å²) in [5, 5.41) is 4.60. The van der Waals surface area contributed by atoms with Crippen molar-refractivity contribution < 1.29 is 17.9 Å². The summed E-state index contributed by atoms with van der Waals surface area (Å²) in [6, 6.07) is 12.0. The van der Waals surface area contributed by atoms with Crippen LogP contribution in [-0.4, -0.2) is 90.2 Å². The van der Waals surface area contributed by atoms with Gasteiger partial charge in [-0.25, -0.2) is 13.4 Å². The standard InChI is InChI=1S/C33H42Cl2N6O4S.2ClH/c1-21(2)36-33(37-22(3)4)40-18-16-39(17-19-40)32(42)27-9-7-15-41(27)46(43,44)29-14-13-26(34)25(30(29)35)20-45-28-10-6-8-24-12-11-23(5)38-31(24)28;;/h6,8,10-14,21-22,27H,7,9,15-20H2,1-5H3,(H,36,37);2*1H/t27-;;/m0../s1. The number of benzene rings is 2. The molecule has 2 aliphatic heterocycles. The summed E-state index contributed by atoms with van der Waals surface area (Å²) in [4.78, 5) is 27.0. The number of ether oxygens (including phenoxy) is 1. The second kappa shape index (κ2) is 16.9. The van der Waals surface area contributed by atoms with Crippen LogP contribution in [0.4, 0.5) is 0 Å². The SMILES string of the molecule is Cc1ccc2cccc(OCc3c(Cl)ccc(S(=O)(=O)N4CCC[C@H]4C(=O)N4CCN(C(=NC(C)C)NC(C)C)CC4)c3Cl)c2n1.Cl.Cl. The van der Waals surface area contributed by atoms with Crippen molar-refractivity contribution in [3.63, 3.8) is 0 Å². The monoisotopic (exact) mass is 760 g/mol. The molecule has 10 nitrogen and oxygen atoms in total. The fourth-order valence-corrected chi connectivity index (χ4v) is 8.37. The third kappa shape index (κ3) is 8.78. The van der Waals surface area contributed by atoms with Crippen LogP contribution in [0.25, 0.3) is 10.9 Å². The lowest BCUT2D eigenvalue weighted by Gasteiger charge is -2.39. The van der Waals surface area contributed by atoms with Gasteiger partial charge in [0.1, 0.15) is 28.8 Å². The Morgan fingerprint density at radius 2 is 1.69 bits per heavy atom. The van der Waals surface area contributed by atoms with E-state index in [0.717, 1.165) is 17.0 Å². The van der Waals surface area contributed by atoms with Crippen LogP contribution in [0, 0.1) is 6.92 Å². The Balaban J connectivity index is 0.00000312. The van der Waals surface area contributed by atoms with Crippen molar-refractivity contribution in [2.75, 3.05) is 32.7 Å². The molecule has 0 radical (unpaired) electrons. The Kier molecular flexibility index (Phi) is 14.1. The van der Waals surface area contributed by atoms with E-state index in [1.54, 1.807) is 11.0 Å². The number of piperazine rings is 1. The number of nitrogens with one attached hydrogen (secondary N) is 1. The first-order chi connectivity index (χ1) is 21.9. The molecule has 0 saturated carbocycles. The minimum atomic E-state index is -4.13. The highest BCUT2D eigenvalue weighted by molar-refractivity contribution is 7.89. The van der Waals surface area contributed by atoms with E-state index in [2.05, 4.69) is 29.0 Å². The van der Waals surface area contributed by atoms with Crippen LogP contribution in [0.15, 0.2) is 52.4 Å². The minimum absolute atomic E-state index is 0. The molecule has 5 rings (SSSR count). The van der Waals surface area contributed by atoms with Crippen LogP contribution in [0.5, 0.6) is 5.75 Å². The largest absolute Gasteiger partial charge is 0.487 e. The van der Waals surface area contributed by atoms with Gasteiger partial charge in [-0.05, 0) is 71.7 Å². The van der Waals surface area contributed by atoms with Gasteiger partial charge in [0, 0.05) is 66.5 Å². The predicted octanol–water partition coefficient (Wildman–Crippen LogP) is 6.33. The molecule has 2 aliphatic rings. The highest BCUT2D eigenvalue weighted by Crippen LogP contribution is 2.37. The molecule has 0 unspecified atom stereocenters. The van der Waals surface area contributed by atoms with Crippen molar-refractivity contribution >= 4 is 80.8 Å². The minimum Gasteiger partial charge on any atom is -0.487 e. The van der Waals surface area contributed by atoms with Gasteiger partial charge in [-0.1, -0.05) is 41.4 Å². The van der Waals surface area contributed by atoms with Crippen LogP contribution >= 0.6 is 48.0 Å². The van der Waals surface area contributed by atoms with Gasteiger partial charge < -0.3 is 19.9 Å². The van der Waals surface area contributed by atoms with E-state index in [1.165, 1.54) is 16.4 Å². The van der Waals surface area contributed by atoms with Crippen LogP contribution in [0.2, 0.25) is 10.0 Å². The number of sulfonamides is 1. The second-order valence-electron chi connectivity index (χ2n) is 12.3. The van der Waals surface area contributed by atoms with Crippen molar-refractivity contribution in [2.24, 2.45) is 4.99 Å². The Bertz CT molecular complexity index is 1730. The number of aryl methyl sites for hydroxylation is 1. The van der Waals surface area contributed by atoms with Crippen LogP contribution in [0.1, 0.15) is 51.8 Å². The number of halogens is 4. The van der Waals surface area contributed by atoms with Gasteiger partial charge in [0.05, 0.1) is 5.02 Å². The van der Waals surface area contributed by atoms with Crippen LogP contribution in [0.3, 0.4) is 0 Å². The van der Waals surface area contributed by atoms with E-state index in [0.29, 0.717) is 55.9 Å². The fourth-order valence-electron chi connectivity index (χ4n) is 5.85. The van der Waals surface area contributed by atoms with E-state index in [9.17, 15) is 13.2 Å². The van der Waals surface area contributed by atoms with E-state index < -0.39 is 16.1 Å². The molecule has 2 fully saturated rings. The summed E-state index contributed by atoms with van der Waals surface area (Å²) >= 11 is 13.3. The maximum atomic E-state index is 14.1. The van der Waals surface area contributed by atoms with E-state index in [1.807, 2.05) is 45.0 Å². The maximum absolute atomic E-state index is 14.1. The lowest BCUT2D eigenvalue weighted by molar-refractivity contribution is -0.135. The number of carbonyl (C=O) groups is 1. The third-order valence-electron chi connectivity index (χ3n) is 8.11. The first kappa shape index (κ1) is 39.9. The summed E-state index contributed by atoms with van der Waals surface area (Å²) in [5.74, 6) is 1.17. The summed E-state index contributed by atoms with van der Waals surface area (Å²) in [5.41, 5.74) is 1.88. The number of aromatic nitrogens is 1. The topological polar surface area (TPSA) is 107 Å². The lowest BCUT2D eigenvalue weighted by Crippen LogP contribution is -2.57. The number of para-hydroxylation sites is 1. The Labute approximate surface area is 306 Å². The highest BCUT2D eigenvalue weighted by atomic mass is 35.5. The highest BCUT2D eigenvalue weighted by Gasteiger charge is 2.43. The Morgan fingerprint density at radius 1 is 1.00 bits per heavy atom. The summed E-state index contributed by atoms with van der Waals surface area (Å²) < 4.78 is 35.6. The van der Waals surface area contributed by atoms with Crippen molar-refractivity contribution in [1.82, 2.24) is 24.4 Å². The smallest absolute Gasteiger partial charge is 0.245 e. The average molecular weight is 763 g/mol. The number of carbonyl (C=O) groups excluding carboxylic acids is 1. The number of aliphatic imine (C=N–C) groups is 1. The van der Waals surface area contributed by atoms with Crippen LogP contribution in [-0.2, 0) is 21.4 Å². The van der Waals surface area contributed by atoms with Crippen molar-refractivity contribution in [3.05, 3.63) is 63.8 Å². The van der Waals surface area contributed by atoms with Gasteiger partial charge in [0.25, 0.3) is 0 Å². The van der Waals surface area contributed by atoms with Gasteiger partial charge in [0.2, 0.25) is 15.9 Å². The molecule has 15 heteroatoms. The third-order valence-corrected chi connectivity index (χ3v) is 11.0. The number of hydrogen-bond acceptors (Lipinski definition) is 6. The summed E-state index contributed by atoms with van der Waals surface area (Å²) in [6.45, 7) is 12.4. The fraction of sp³-hybridized carbons (Fsp3) is 0.485.